The highest BCUT2D eigenvalue weighted by molar-refractivity contribution is 7.98. The van der Waals surface area contributed by atoms with Crippen LogP contribution < -0.4 is 10.1 Å². The van der Waals surface area contributed by atoms with Crippen LogP contribution in [-0.2, 0) is 12.3 Å². The van der Waals surface area contributed by atoms with Gasteiger partial charge in [-0.3, -0.25) is 5.32 Å². The maximum Gasteiger partial charge on any atom is 0.284 e. The smallest absolute Gasteiger partial charge is 0.284 e. The molecule has 3 nitrogen and oxygen atoms in total. The summed E-state index contributed by atoms with van der Waals surface area (Å²) in [4.78, 5) is 0. The zero-order valence-corrected chi connectivity index (χ0v) is 12.0. The topological polar surface area (TPSA) is 34.4 Å². The number of para-hydroxylation sites is 1. The van der Waals surface area contributed by atoms with E-state index in [4.69, 9.17) is 9.15 Å². The largest absolute Gasteiger partial charge is 0.491 e. The average molecular weight is 311 g/mol. The Morgan fingerprint density at radius 1 is 1.19 bits per heavy atom. The summed E-state index contributed by atoms with van der Waals surface area (Å²) >= 11 is 0.564. The molecule has 6 heteroatoms. The lowest BCUT2D eigenvalue weighted by atomic mass is 10.1. The molecule has 1 aliphatic heterocycles. The molecular formula is C15H15F2NO2S. The molecule has 0 fully saturated rings. The van der Waals surface area contributed by atoms with Gasteiger partial charge in [0.15, 0.2) is 0 Å². The van der Waals surface area contributed by atoms with Gasteiger partial charge in [-0.15, -0.1) is 0 Å². The Balaban J connectivity index is 1.54. The molecule has 1 aromatic heterocycles. The highest BCUT2D eigenvalue weighted by atomic mass is 32.2. The van der Waals surface area contributed by atoms with Gasteiger partial charge in [0.2, 0.25) is 0 Å². The van der Waals surface area contributed by atoms with E-state index in [1.165, 1.54) is 0 Å². The molecule has 1 N–H and O–H groups in total. The van der Waals surface area contributed by atoms with E-state index < -0.39 is 5.76 Å². The van der Waals surface area contributed by atoms with Gasteiger partial charge in [0.05, 0.1) is 18.3 Å². The van der Waals surface area contributed by atoms with Crippen molar-refractivity contribution in [2.45, 2.75) is 24.1 Å². The van der Waals surface area contributed by atoms with Gasteiger partial charge >= 0.3 is 0 Å². The first-order valence-electron chi connectivity index (χ1n) is 6.65. The number of hydrogen-bond acceptors (Lipinski definition) is 4. The highest BCUT2D eigenvalue weighted by Gasteiger charge is 2.23. The fourth-order valence-electron chi connectivity index (χ4n) is 2.30. The zero-order chi connectivity index (χ0) is 14.7. The molecule has 1 aromatic carbocycles. The third kappa shape index (κ3) is 3.57. The third-order valence-electron chi connectivity index (χ3n) is 3.29. The molecule has 21 heavy (non-hydrogen) atoms. The maximum atomic E-state index is 12.1. The van der Waals surface area contributed by atoms with Crippen LogP contribution in [0.15, 0.2) is 40.8 Å². The van der Waals surface area contributed by atoms with Crippen LogP contribution in [0, 0.1) is 0 Å². The van der Waals surface area contributed by atoms with Crippen LogP contribution in [0.5, 0.6) is 5.75 Å². The molecule has 0 saturated heterocycles. The molecule has 1 unspecified atom stereocenters. The summed E-state index contributed by atoms with van der Waals surface area (Å²) in [6, 6.07) is 11.6. The first-order valence-corrected chi connectivity index (χ1v) is 7.69. The molecule has 0 amide bonds. The van der Waals surface area contributed by atoms with Gasteiger partial charge in [0, 0.05) is 5.56 Å². The van der Waals surface area contributed by atoms with Gasteiger partial charge in [0.25, 0.3) is 5.76 Å². The van der Waals surface area contributed by atoms with Gasteiger partial charge in [-0.1, -0.05) is 30.0 Å². The summed E-state index contributed by atoms with van der Waals surface area (Å²) in [5.41, 5.74) is 1.14. The van der Waals surface area contributed by atoms with Crippen molar-refractivity contribution < 1.29 is 17.9 Å². The van der Waals surface area contributed by atoms with Crippen molar-refractivity contribution in [2.75, 3.05) is 6.61 Å². The number of rotatable bonds is 6. The van der Waals surface area contributed by atoms with E-state index in [9.17, 15) is 8.78 Å². The molecule has 1 aliphatic rings. The van der Waals surface area contributed by atoms with E-state index in [0.29, 0.717) is 30.7 Å². The molecule has 0 radical (unpaired) electrons. The fourth-order valence-corrected chi connectivity index (χ4v) is 2.74. The lowest BCUT2D eigenvalue weighted by Crippen LogP contribution is -2.21. The molecule has 1 atom stereocenters. The Bertz CT molecular complexity index is 603. The average Bonchev–Trinajstić information content (AvgIpc) is 3.10. The van der Waals surface area contributed by atoms with Crippen molar-refractivity contribution in [3.8, 4) is 5.75 Å². The number of halogens is 2. The van der Waals surface area contributed by atoms with Crippen molar-refractivity contribution in [1.29, 1.82) is 0 Å². The highest BCUT2D eigenvalue weighted by Crippen LogP contribution is 2.31. The van der Waals surface area contributed by atoms with Crippen molar-refractivity contribution in [3.63, 3.8) is 0 Å². The molecule has 0 aliphatic carbocycles. The summed E-state index contributed by atoms with van der Waals surface area (Å²) in [7, 11) is 0. The summed E-state index contributed by atoms with van der Waals surface area (Å²) < 4.78 is 35.3. The van der Waals surface area contributed by atoms with Gasteiger partial charge in [-0.05, 0) is 18.2 Å². The Morgan fingerprint density at radius 2 is 2.00 bits per heavy atom. The van der Waals surface area contributed by atoms with Crippen LogP contribution in [-0.4, -0.2) is 12.4 Å². The molecule has 0 saturated carbocycles. The van der Waals surface area contributed by atoms with Crippen LogP contribution in [0.25, 0.3) is 0 Å². The van der Waals surface area contributed by atoms with Gasteiger partial charge in [-0.25, -0.2) is 0 Å². The van der Waals surface area contributed by atoms with Crippen molar-refractivity contribution in [3.05, 3.63) is 53.5 Å². The number of nitrogens with one attached hydrogen (secondary N) is 1. The zero-order valence-electron chi connectivity index (χ0n) is 11.2. The Kier molecular flexibility index (Phi) is 4.45. The van der Waals surface area contributed by atoms with E-state index in [-0.39, 0.29) is 11.8 Å². The second kappa shape index (κ2) is 6.49. The normalized spacial score (nSPS) is 17.0. The van der Waals surface area contributed by atoms with Crippen LogP contribution in [0.2, 0.25) is 0 Å². The second-order valence-corrected chi connectivity index (χ2v) is 5.70. The van der Waals surface area contributed by atoms with Crippen LogP contribution in [0.1, 0.15) is 23.1 Å². The van der Waals surface area contributed by atoms with E-state index in [0.717, 1.165) is 17.1 Å². The van der Waals surface area contributed by atoms with Crippen molar-refractivity contribution >= 4 is 11.8 Å². The summed E-state index contributed by atoms with van der Waals surface area (Å²) in [5.74, 6) is 0.0317. The van der Waals surface area contributed by atoms with E-state index in [1.807, 2.05) is 30.3 Å². The van der Waals surface area contributed by atoms with Crippen molar-refractivity contribution in [2.24, 2.45) is 0 Å². The number of alkyl halides is 2. The van der Waals surface area contributed by atoms with E-state index >= 15 is 0 Å². The Morgan fingerprint density at radius 3 is 2.86 bits per heavy atom. The van der Waals surface area contributed by atoms with Crippen molar-refractivity contribution in [1.82, 2.24) is 5.32 Å². The summed E-state index contributed by atoms with van der Waals surface area (Å²) in [6.07, 6.45) is 0. The van der Waals surface area contributed by atoms with Crippen LogP contribution in [0.4, 0.5) is 8.78 Å². The molecular weight excluding hydrogens is 296 g/mol. The van der Waals surface area contributed by atoms with Gasteiger partial charge < -0.3 is 9.15 Å². The Hall–Kier alpha value is -1.53. The summed E-state index contributed by atoms with van der Waals surface area (Å²) in [6.45, 7) is 1.13. The monoisotopic (exact) mass is 311 g/mol. The SMILES string of the molecule is FC(F)SCc1ccc(CNC2COc3ccccc32)o1. The lowest BCUT2D eigenvalue weighted by molar-refractivity contribution is 0.251. The van der Waals surface area contributed by atoms with Gasteiger partial charge in [-0.2, -0.15) is 8.78 Å². The molecule has 112 valence electrons. The number of benzene rings is 1. The fraction of sp³-hybridized carbons (Fsp3) is 0.333. The minimum atomic E-state index is -2.37. The predicted octanol–water partition coefficient (Wildman–Crippen LogP) is 3.96. The minimum absolute atomic E-state index is 0.130. The van der Waals surface area contributed by atoms with E-state index in [1.54, 1.807) is 6.07 Å². The molecule has 2 aromatic rings. The molecule has 2 heterocycles. The first-order chi connectivity index (χ1) is 10.2. The molecule has 3 rings (SSSR count). The number of ether oxygens (including phenoxy) is 1. The molecule has 0 bridgehead atoms. The first kappa shape index (κ1) is 14.4. The van der Waals surface area contributed by atoms with Crippen LogP contribution in [0.3, 0.4) is 0 Å². The minimum Gasteiger partial charge on any atom is -0.491 e. The Labute approximate surface area is 125 Å². The number of furan rings is 1. The summed E-state index contributed by atoms with van der Waals surface area (Å²) in [5, 5.41) is 3.36. The number of hydrogen-bond donors (Lipinski definition) is 1. The van der Waals surface area contributed by atoms with E-state index in [2.05, 4.69) is 5.32 Å². The number of fused-ring (bicyclic) bond motifs is 1. The lowest BCUT2D eigenvalue weighted by Gasteiger charge is -2.10. The predicted molar refractivity (Wildman–Crippen MR) is 77.5 cm³/mol. The maximum absolute atomic E-state index is 12.1. The number of thioether (sulfide) groups is 1. The van der Waals surface area contributed by atoms with Gasteiger partial charge in [0.1, 0.15) is 23.9 Å². The second-order valence-electron chi connectivity index (χ2n) is 4.72. The standard InChI is InChI=1S/C15H15F2NO2S/c16-15(17)21-9-11-6-5-10(20-11)7-18-13-8-19-14-4-2-1-3-12(13)14/h1-6,13,15,18H,7-9H2. The molecule has 0 spiro atoms. The third-order valence-corrected chi connectivity index (χ3v) is 3.99. The van der Waals surface area contributed by atoms with Crippen LogP contribution >= 0.6 is 11.8 Å². The quantitative estimate of drug-likeness (QED) is 0.875.